The maximum Gasteiger partial charge on any atom is 2.00 e. The molecule has 0 radical (unpaired) electrons. The Morgan fingerprint density at radius 1 is 0.889 bits per heavy atom. The van der Waals surface area contributed by atoms with Crippen LogP contribution < -0.4 is 0 Å². The number of rotatable bonds is 2. The molecule has 0 spiro atoms. The maximum absolute atomic E-state index is 8.96. The van der Waals surface area contributed by atoms with E-state index in [4.69, 9.17) is 5.11 Å². The van der Waals surface area contributed by atoms with Crippen LogP contribution in [-0.2, 0) is 17.1 Å². The van der Waals surface area contributed by atoms with Crippen LogP contribution >= 0.6 is 0 Å². The third kappa shape index (κ3) is 8.53. The van der Waals surface area contributed by atoms with Gasteiger partial charge in [0.2, 0.25) is 0 Å². The van der Waals surface area contributed by atoms with Crippen molar-refractivity contribution >= 4 is 0 Å². The van der Waals surface area contributed by atoms with Gasteiger partial charge in [0.25, 0.3) is 0 Å². The van der Waals surface area contributed by atoms with Crippen molar-refractivity contribution in [2.24, 2.45) is 5.92 Å². The smallest absolute Gasteiger partial charge is 0.396 e. The van der Waals surface area contributed by atoms with Crippen molar-refractivity contribution in [2.75, 3.05) is 20.7 Å². The molecule has 1 N–H and O–H groups in total. The fraction of sp³-hybridized carbons (Fsp3) is 0.867. The Hall–Kier alpha value is 0.439. The van der Waals surface area contributed by atoms with Gasteiger partial charge >= 0.3 is 17.1 Å². The Balaban J connectivity index is -0.000000245. The molecule has 3 heteroatoms. The molecule has 2 aliphatic rings. The largest absolute Gasteiger partial charge is 2.00 e. The van der Waals surface area contributed by atoms with Crippen molar-refractivity contribution in [3.8, 4) is 0 Å². The second kappa shape index (κ2) is 13.9. The molecule has 0 aliphatic heterocycles. The van der Waals surface area contributed by atoms with Gasteiger partial charge in [-0.1, -0.05) is 38.5 Å². The SMILES string of the molecule is C1CCCC1.CN(C)C1CCCC1CO.[CH3-].[CH3-].[Fe+2]. The van der Waals surface area contributed by atoms with Crippen molar-refractivity contribution in [1.82, 2.24) is 4.90 Å². The van der Waals surface area contributed by atoms with E-state index < -0.39 is 0 Å². The molecule has 0 aromatic heterocycles. The van der Waals surface area contributed by atoms with E-state index in [0.29, 0.717) is 18.6 Å². The van der Waals surface area contributed by atoms with E-state index in [0.717, 1.165) is 0 Å². The standard InChI is InChI=1S/C8H17NO.C5H10.2CH3.Fe/c1-9(2)8-5-3-4-7(8)6-10;1-2-4-5-3-1;;;/h7-8,10H,3-6H2,1-2H3;1-5H2;2*1H3;/q;;2*-1;+2. The van der Waals surface area contributed by atoms with E-state index in [-0.39, 0.29) is 31.9 Å². The molecule has 2 fully saturated rings. The quantitative estimate of drug-likeness (QED) is 0.622. The molecule has 0 saturated heterocycles. The van der Waals surface area contributed by atoms with E-state index >= 15 is 0 Å². The second-order valence-corrected chi connectivity index (χ2v) is 5.17. The molecule has 2 nitrogen and oxygen atoms in total. The summed E-state index contributed by atoms with van der Waals surface area (Å²) in [7, 11) is 4.19. The summed E-state index contributed by atoms with van der Waals surface area (Å²) in [6.45, 7) is 0.364. The zero-order chi connectivity index (χ0) is 11.1. The van der Waals surface area contributed by atoms with Gasteiger partial charge in [0.05, 0.1) is 0 Å². The summed E-state index contributed by atoms with van der Waals surface area (Å²) in [5, 5.41) is 8.96. The molecule has 0 aromatic rings. The first kappa shape index (κ1) is 23.5. The molecule has 2 unspecified atom stereocenters. The predicted octanol–water partition coefficient (Wildman–Crippen LogP) is 3.56. The van der Waals surface area contributed by atoms with Crippen molar-refractivity contribution in [1.29, 1.82) is 0 Å². The van der Waals surface area contributed by atoms with Gasteiger partial charge in [0.1, 0.15) is 0 Å². The molecular formula is C15H33FeNO. The van der Waals surface area contributed by atoms with Crippen molar-refractivity contribution in [3.05, 3.63) is 14.9 Å². The minimum atomic E-state index is 0. The second-order valence-electron chi connectivity index (χ2n) is 5.17. The Morgan fingerprint density at radius 2 is 1.33 bits per heavy atom. The number of hydrogen-bond acceptors (Lipinski definition) is 2. The molecule has 0 heterocycles. The number of aliphatic hydroxyl groups excluding tert-OH is 1. The van der Waals surface area contributed by atoms with Crippen LogP contribution in [0, 0.1) is 20.8 Å². The van der Waals surface area contributed by atoms with Crippen LogP contribution in [0.25, 0.3) is 0 Å². The molecule has 112 valence electrons. The first-order valence-electron chi connectivity index (χ1n) is 6.53. The average Bonchev–Trinajstić information content (AvgIpc) is 2.92. The molecule has 0 aromatic carbocycles. The molecule has 2 aliphatic carbocycles. The molecule has 2 atom stereocenters. The Kier molecular flexibility index (Phi) is 18.1. The van der Waals surface area contributed by atoms with Crippen LogP contribution in [0.5, 0.6) is 0 Å². The Morgan fingerprint density at radius 3 is 1.61 bits per heavy atom. The average molecular weight is 299 g/mol. The first-order chi connectivity index (χ1) is 7.25. The summed E-state index contributed by atoms with van der Waals surface area (Å²) in [6.07, 6.45) is 11.3. The minimum absolute atomic E-state index is 0. The third-order valence-corrected chi connectivity index (χ3v) is 3.77. The fourth-order valence-electron chi connectivity index (χ4n) is 2.79. The van der Waals surface area contributed by atoms with Crippen LogP contribution in [0.15, 0.2) is 0 Å². The van der Waals surface area contributed by atoms with Crippen molar-refractivity contribution < 1.29 is 22.2 Å². The summed E-state index contributed by atoms with van der Waals surface area (Å²) < 4.78 is 0. The maximum atomic E-state index is 8.96. The molecule has 18 heavy (non-hydrogen) atoms. The van der Waals surface area contributed by atoms with Crippen LogP contribution in [0.2, 0.25) is 0 Å². The normalized spacial score (nSPS) is 25.3. The zero-order valence-electron chi connectivity index (χ0n) is 12.8. The van der Waals surface area contributed by atoms with Crippen LogP contribution in [0.4, 0.5) is 0 Å². The van der Waals surface area contributed by atoms with Gasteiger partial charge in [0.15, 0.2) is 0 Å². The van der Waals surface area contributed by atoms with E-state index in [2.05, 4.69) is 19.0 Å². The predicted molar refractivity (Wildman–Crippen MR) is 77.8 cm³/mol. The van der Waals surface area contributed by atoms with Gasteiger partial charge in [-0.05, 0) is 32.9 Å². The summed E-state index contributed by atoms with van der Waals surface area (Å²) >= 11 is 0. The fourth-order valence-corrected chi connectivity index (χ4v) is 2.79. The van der Waals surface area contributed by atoms with Gasteiger partial charge in [-0.15, -0.1) is 0 Å². The van der Waals surface area contributed by atoms with Gasteiger partial charge in [0, 0.05) is 12.6 Å². The summed E-state index contributed by atoms with van der Waals surface area (Å²) in [6, 6.07) is 0.630. The van der Waals surface area contributed by atoms with Gasteiger partial charge in [-0.3, -0.25) is 0 Å². The molecule has 2 rings (SSSR count). The summed E-state index contributed by atoms with van der Waals surface area (Å²) in [5.74, 6) is 0.537. The van der Waals surface area contributed by atoms with E-state index in [1.165, 1.54) is 51.4 Å². The number of hydrogen-bond donors (Lipinski definition) is 1. The van der Waals surface area contributed by atoms with E-state index in [9.17, 15) is 0 Å². The molecule has 0 bridgehead atoms. The molecular weight excluding hydrogens is 266 g/mol. The summed E-state index contributed by atoms with van der Waals surface area (Å²) in [5.41, 5.74) is 0. The molecule has 2 saturated carbocycles. The zero-order valence-corrected chi connectivity index (χ0v) is 13.9. The van der Waals surface area contributed by atoms with Crippen molar-refractivity contribution in [2.45, 2.75) is 57.4 Å². The van der Waals surface area contributed by atoms with Gasteiger partial charge in [-0.2, -0.15) is 0 Å². The molecule has 0 amide bonds. The number of aliphatic hydroxyl groups is 1. The summed E-state index contributed by atoms with van der Waals surface area (Å²) in [4.78, 5) is 2.23. The Labute approximate surface area is 126 Å². The van der Waals surface area contributed by atoms with Gasteiger partial charge < -0.3 is 24.9 Å². The van der Waals surface area contributed by atoms with Crippen molar-refractivity contribution in [3.63, 3.8) is 0 Å². The minimum Gasteiger partial charge on any atom is -0.396 e. The van der Waals surface area contributed by atoms with Crippen LogP contribution in [0.3, 0.4) is 0 Å². The topological polar surface area (TPSA) is 23.5 Å². The first-order valence-corrected chi connectivity index (χ1v) is 6.53. The number of nitrogens with zero attached hydrogens (tertiary/aromatic N) is 1. The van der Waals surface area contributed by atoms with Gasteiger partial charge in [-0.25, -0.2) is 0 Å². The van der Waals surface area contributed by atoms with Crippen LogP contribution in [-0.4, -0.2) is 36.8 Å². The van der Waals surface area contributed by atoms with E-state index in [1.807, 2.05) is 0 Å². The monoisotopic (exact) mass is 299 g/mol. The van der Waals surface area contributed by atoms with E-state index in [1.54, 1.807) is 0 Å². The van der Waals surface area contributed by atoms with Crippen LogP contribution in [0.1, 0.15) is 51.4 Å². The Bertz CT molecular complexity index is 153. The third-order valence-electron chi connectivity index (χ3n) is 3.77.